The molecule has 1 saturated heterocycles. The average molecular weight is 251 g/mol. The lowest BCUT2D eigenvalue weighted by molar-refractivity contribution is 0.155. The SMILES string of the molecule is CN1CCN(CCNCCc2ccnn2C)CC1. The summed E-state index contributed by atoms with van der Waals surface area (Å²) in [7, 11) is 4.20. The first-order valence-corrected chi connectivity index (χ1v) is 6.84. The Kier molecular flexibility index (Phi) is 5.16. The zero-order valence-corrected chi connectivity index (χ0v) is 11.6. The van der Waals surface area contributed by atoms with Crippen LogP contribution >= 0.6 is 0 Å². The van der Waals surface area contributed by atoms with E-state index in [0.717, 1.165) is 19.5 Å². The molecule has 2 rings (SSSR count). The van der Waals surface area contributed by atoms with Gasteiger partial charge in [-0.1, -0.05) is 0 Å². The molecule has 1 aliphatic rings. The Hall–Kier alpha value is -0.910. The van der Waals surface area contributed by atoms with Crippen molar-refractivity contribution in [3.8, 4) is 0 Å². The Balaban J connectivity index is 1.53. The van der Waals surface area contributed by atoms with Gasteiger partial charge in [-0.3, -0.25) is 9.58 Å². The third-order valence-corrected chi connectivity index (χ3v) is 3.68. The molecule has 0 atom stereocenters. The Bertz CT molecular complexity index is 341. The van der Waals surface area contributed by atoms with E-state index in [2.05, 4.69) is 33.3 Å². The highest BCUT2D eigenvalue weighted by Crippen LogP contribution is 1.98. The first kappa shape index (κ1) is 13.5. The Morgan fingerprint density at radius 2 is 1.94 bits per heavy atom. The average Bonchev–Trinajstić information content (AvgIpc) is 2.77. The molecule has 0 radical (unpaired) electrons. The maximum absolute atomic E-state index is 4.17. The fraction of sp³-hybridized carbons (Fsp3) is 0.769. The molecule has 0 unspecified atom stereocenters. The van der Waals surface area contributed by atoms with Crippen LogP contribution in [0.1, 0.15) is 5.69 Å². The summed E-state index contributed by atoms with van der Waals surface area (Å²) in [5, 5.41) is 7.69. The molecule has 0 aromatic carbocycles. The molecule has 0 amide bonds. The van der Waals surface area contributed by atoms with Crippen LogP contribution in [0.3, 0.4) is 0 Å². The maximum Gasteiger partial charge on any atom is 0.0492 e. The van der Waals surface area contributed by atoms with E-state index in [-0.39, 0.29) is 0 Å². The largest absolute Gasteiger partial charge is 0.315 e. The number of hydrogen-bond donors (Lipinski definition) is 1. The van der Waals surface area contributed by atoms with Gasteiger partial charge in [-0.15, -0.1) is 0 Å². The molecular formula is C13H25N5. The standard InChI is InChI=1S/C13H25N5/c1-16-9-11-18(12-10-16)8-7-14-5-3-13-4-6-15-17(13)2/h4,6,14H,3,5,7-12H2,1-2H3. The third kappa shape index (κ3) is 4.08. The lowest BCUT2D eigenvalue weighted by Crippen LogP contribution is -2.46. The van der Waals surface area contributed by atoms with Crippen LogP contribution in [0.4, 0.5) is 0 Å². The van der Waals surface area contributed by atoms with Gasteiger partial charge in [-0.2, -0.15) is 5.10 Å². The number of nitrogens with zero attached hydrogens (tertiary/aromatic N) is 4. The van der Waals surface area contributed by atoms with Crippen LogP contribution in [-0.4, -0.2) is 72.4 Å². The highest BCUT2D eigenvalue weighted by molar-refractivity contribution is 5.00. The van der Waals surface area contributed by atoms with Crippen LogP contribution in [-0.2, 0) is 13.5 Å². The minimum absolute atomic E-state index is 1.03. The predicted octanol–water partition coefficient (Wildman–Crippen LogP) is -0.200. The summed E-state index contributed by atoms with van der Waals surface area (Å²) in [6.45, 7) is 8.11. The zero-order valence-electron chi connectivity index (χ0n) is 11.6. The van der Waals surface area contributed by atoms with E-state index in [0.29, 0.717) is 0 Å². The van der Waals surface area contributed by atoms with Crippen molar-refractivity contribution in [1.82, 2.24) is 24.9 Å². The second-order valence-corrected chi connectivity index (χ2v) is 5.09. The second-order valence-electron chi connectivity index (χ2n) is 5.09. The van der Waals surface area contributed by atoms with Crippen molar-refractivity contribution in [2.75, 3.05) is 52.9 Å². The number of aryl methyl sites for hydroxylation is 1. The number of rotatable bonds is 6. The topological polar surface area (TPSA) is 36.3 Å². The van der Waals surface area contributed by atoms with Crippen LogP contribution in [0.2, 0.25) is 0 Å². The van der Waals surface area contributed by atoms with Gasteiger partial charge in [0.05, 0.1) is 0 Å². The van der Waals surface area contributed by atoms with Gasteiger partial charge < -0.3 is 10.2 Å². The van der Waals surface area contributed by atoms with Gasteiger partial charge in [0.2, 0.25) is 0 Å². The van der Waals surface area contributed by atoms with E-state index in [1.54, 1.807) is 0 Å². The van der Waals surface area contributed by atoms with E-state index in [9.17, 15) is 0 Å². The molecular weight excluding hydrogens is 226 g/mol. The van der Waals surface area contributed by atoms with E-state index < -0.39 is 0 Å². The van der Waals surface area contributed by atoms with Gasteiger partial charge in [-0.05, 0) is 13.1 Å². The Morgan fingerprint density at radius 1 is 1.17 bits per heavy atom. The fourth-order valence-corrected chi connectivity index (χ4v) is 2.30. The summed E-state index contributed by atoms with van der Waals surface area (Å²) < 4.78 is 1.95. The van der Waals surface area contributed by atoms with Crippen LogP contribution in [0.25, 0.3) is 0 Å². The highest BCUT2D eigenvalue weighted by atomic mass is 15.3. The summed E-state index contributed by atoms with van der Waals surface area (Å²) in [5.74, 6) is 0. The minimum Gasteiger partial charge on any atom is -0.315 e. The second kappa shape index (κ2) is 6.87. The number of hydrogen-bond acceptors (Lipinski definition) is 4. The van der Waals surface area contributed by atoms with Gasteiger partial charge in [0.15, 0.2) is 0 Å². The van der Waals surface area contributed by atoms with Crippen molar-refractivity contribution in [3.63, 3.8) is 0 Å². The Labute approximate surface area is 110 Å². The molecule has 0 spiro atoms. The van der Waals surface area contributed by atoms with Gasteiger partial charge in [0.1, 0.15) is 0 Å². The number of piperazine rings is 1. The molecule has 2 heterocycles. The van der Waals surface area contributed by atoms with Crippen molar-refractivity contribution < 1.29 is 0 Å². The molecule has 102 valence electrons. The number of aromatic nitrogens is 2. The minimum atomic E-state index is 1.03. The van der Waals surface area contributed by atoms with Crippen LogP contribution in [0.15, 0.2) is 12.3 Å². The van der Waals surface area contributed by atoms with Crippen molar-refractivity contribution in [2.24, 2.45) is 7.05 Å². The van der Waals surface area contributed by atoms with Gasteiger partial charge in [0, 0.05) is 71.2 Å². The number of likely N-dealkylation sites (N-methyl/N-ethyl adjacent to an activating group) is 1. The van der Waals surface area contributed by atoms with Crippen LogP contribution in [0.5, 0.6) is 0 Å². The molecule has 5 nitrogen and oxygen atoms in total. The van der Waals surface area contributed by atoms with Crippen LogP contribution in [0, 0.1) is 0 Å². The van der Waals surface area contributed by atoms with Gasteiger partial charge in [0.25, 0.3) is 0 Å². The summed E-state index contributed by atoms with van der Waals surface area (Å²) in [6, 6.07) is 2.09. The fourth-order valence-electron chi connectivity index (χ4n) is 2.30. The molecule has 1 aromatic rings. The number of nitrogens with one attached hydrogen (secondary N) is 1. The summed E-state index contributed by atoms with van der Waals surface area (Å²) >= 11 is 0. The molecule has 1 N–H and O–H groups in total. The predicted molar refractivity (Wildman–Crippen MR) is 73.7 cm³/mol. The molecule has 1 aromatic heterocycles. The quantitative estimate of drug-likeness (QED) is 0.711. The van der Waals surface area contributed by atoms with Crippen molar-refractivity contribution in [2.45, 2.75) is 6.42 Å². The maximum atomic E-state index is 4.17. The molecule has 1 fully saturated rings. The van der Waals surface area contributed by atoms with E-state index in [1.165, 1.54) is 38.4 Å². The van der Waals surface area contributed by atoms with Crippen LogP contribution < -0.4 is 5.32 Å². The van der Waals surface area contributed by atoms with E-state index in [4.69, 9.17) is 0 Å². The third-order valence-electron chi connectivity index (χ3n) is 3.68. The zero-order chi connectivity index (χ0) is 12.8. The summed E-state index contributed by atoms with van der Waals surface area (Å²) in [4.78, 5) is 4.93. The first-order valence-electron chi connectivity index (χ1n) is 6.84. The molecule has 5 heteroatoms. The van der Waals surface area contributed by atoms with Crippen molar-refractivity contribution in [3.05, 3.63) is 18.0 Å². The normalized spacial score (nSPS) is 18.3. The lowest BCUT2D eigenvalue weighted by Gasteiger charge is -2.32. The molecule has 1 aliphatic heterocycles. The van der Waals surface area contributed by atoms with E-state index >= 15 is 0 Å². The summed E-state index contributed by atoms with van der Waals surface area (Å²) in [6.07, 6.45) is 2.92. The Morgan fingerprint density at radius 3 is 2.61 bits per heavy atom. The molecule has 18 heavy (non-hydrogen) atoms. The monoisotopic (exact) mass is 251 g/mol. The summed E-state index contributed by atoms with van der Waals surface area (Å²) in [5.41, 5.74) is 1.29. The first-order chi connectivity index (χ1) is 8.75. The van der Waals surface area contributed by atoms with Crippen molar-refractivity contribution in [1.29, 1.82) is 0 Å². The highest BCUT2D eigenvalue weighted by Gasteiger charge is 2.12. The smallest absolute Gasteiger partial charge is 0.0492 e. The van der Waals surface area contributed by atoms with Gasteiger partial charge >= 0.3 is 0 Å². The molecule has 0 aliphatic carbocycles. The van der Waals surface area contributed by atoms with Crippen molar-refractivity contribution >= 4 is 0 Å². The van der Waals surface area contributed by atoms with E-state index in [1.807, 2.05) is 17.9 Å². The molecule has 0 bridgehead atoms. The lowest BCUT2D eigenvalue weighted by atomic mass is 10.3. The van der Waals surface area contributed by atoms with Gasteiger partial charge in [-0.25, -0.2) is 0 Å². The molecule has 0 saturated carbocycles.